The number of aromatic nitrogens is 1. The Morgan fingerprint density at radius 1 is 1.39 bits per heavy atom. The predicted octanol–water partition coefficient (Wildman–Crippen LogP) is -0.196. The Bertz CT molecular complexity index is 490. The first kappa shape index (κ1) is 14.6. The second-order valence-electron chi connectivity index (χ2n) is 3.74. The minimum absolute atomic E-state index is 0.465. The van der Waals surface area contributed by atoms with Gasteiger partial charge in [-0.15, -0.1) is 0 Å². The average molecular weight is 268 g/mol. The molecule has 2 rings (SSSR count). The molecule has 1 saturated heterocycles. The lowest BCUT2D eigenvalue weighted by molar-refractivity contribution is 0.363. The van der Waals surface area contributed by atoms with Crippen molar-refractivity contribution in [3.8, 4) is 6.07 Å². The lowest BCUT2D eigenvalue weighted by atomic mass is 10.4. The Balaban J connectivity index is 0.000000184. The van der Waals surface area contributed by atoms with E-state index in [4.69, 9.17) is 5.26 Å². The van der Waals surface area contributed by atoms with Crippen LogP contribution in [0.2, 0.25) is 0 Å². The highest BCUT2D eigenvalue weighted by atomic mass is 32.2. The number of hydrogen-bond donors (Lipinski definition) is 1. The summed E-state index contributed by atoms with van der Waals surface area (Å²) in [5.41, 5.74) is 0.465. The van der Waals surface area contributed by atoms with E-state index in [2.05, 4.69) is 10.3 Å². The monoisotopic (exact) mass is 268 g/mol. The van der Waals surface area contributed by atoms with E-state index >= 15 is 0 Å². The van der Waals surface area contributed by atoms with Crippen molar-refractivity contribution in [2.75, 3.05) is 32.4 Å². The van der Waals surface area contributed by atoms with Crippen LogP contribution in [0, 0.1) is 11.3 Å². The maximum atomic E-state index is 10.9. The second-order valence-corrected chi connectivity index (χ2v) is 5.72. The smallest absolute Gasteiger partial charge is 0.211 e. The van der Waals surface area contributed by atoms with Crippen molar-refractivity contribution in [1.82, 2.24) is 14.6 Å². The van der Waals surface area contributed by atoms with E-state index in [-0.39, 0.29) is 0 Å². The van der Waals surface area contributed by atoms with Crippen LogP contribution in [-0.4, -0.2) is 50.1 Å². The van der Waals surface area contributed by atoms with E-state index in [9.17, 15) is 8.42 Å². The summed E-state index contributed by atoms with van der Waals surface area (Å²) in [6.45, 7) is 2.76. The first-order valence-electron chi connectivity index (χ1n) is 5.51. The molecule has 0 saturated carbocycles. The van der Waals surface area contributed by atoms with Crippen molar-refractivity contribution < 1.29 is 8.42 Å². The zero-order valence-corrected chi connectivity index (χ0v) is 11.0. The summed E-state index contributed by atoms with van der Waals surface area (Å²) in [5, 5.41) is 11.3. The molecular weight excluding hydrogens is 252 g/mol. The van der Waals surface area contributed by atoms with Crippen LogP contribution in [-0.2, 0) is 10.0 Å². The number of pyridine rings is 1. The van der Waals surface area contributed by atoms with E-state index in [0.29, 0.717) is 18.8 Å². The van der Waals surface area contributed by atoms with Gasteiger partial charge in [0.1, 0.15) is 11.8 Å². The molecule has 0 unspecified atom stereocenters. The van der Waals surface area contributed by atoms with Gasteiger partial charge in [-0.1, -0.05) is 6.07 Å². The zero-order chi connectivity index (χ0) is 13.4. The molecule has 1 aliphatic rings. The molecular formula is C11H16N4O2S. The summed E-state index contributed by atoms with van der Waals surface area (Å²) in [6.07, 6.45) is 2.84. The second kappa shape index (κ2) is 7.06. The molecule has 2 heterocycles. The normalized spacial score (nSPS) is 16.2. The zero-order valence-electron chi connectivity index (χ0n) is 10.2. The largest absolute Gasteiger partial charge is 0.314 e. The summed E-state index contributed by atoms with van der Waals surface area (Å²) in [6, 6.07) is 7.14. The van der Waals surface area contributed by atoms with Crippen LogP contribution in [0.15, 0.2) is 24.4 Å². The third kappa shape index (κ3) is 5.23. The van der Waals surface area contributed by atoms with Crippen LogP contribution in [0.1, 0.15) is 5.69 Å². The van der Waals surface area contributed by atoms with E-state index in [1.165, 1.54) is 10.6 Å². The van der Waals surface area contributed by atoms with Crippen molar-refractivity contribution in [2.24, 2.45) is 0 Å². The van der Waals surface area contributed by atoms with Crippen LogP contribution < -0.4 is 5.32 Å². The van der Waals surface area contributed by atoms with Gasteiger partial charge in [0.05, 0.1) is 6.26 Å². The first-order valence-corrected chi connectivity index (χ1v) is 7.36. The van der Waals surface area contributed by atoms with Crippen LogP contribution >= 0.6 is 0 Å². The van der Waals surface area contributed by atoms with Gasteiger partial charge in [-0.25, -0.2) is 13.4 Å². The standard InChI is InChI=1S/C6H4N2.C5H12N2O2S/c7-5-6-3-1-2-4-8-6;1-10(8,9)7-4-2-6-3-5-7/h1-4H;6H,2-5H2,1H3. The molecule has 98 valence electrons. The molecule has 0 atom stereocenters. The highest BCUT2D eigenvalue weighted by molar-refractivity contribution is 7.88. The number of nitriles is 1. The fourth-order valence-electron chi connectivity index (χ4n) is 1.40. The van der Waals surface area contributed by atoms with Crippen LogP contribution in [0.5, 0.6) is 0 Å². The fourth-order valence-corrected chi connectivity index (χ4v) is 2.25. The lowest BCUT2D eigenvalue weighted by Crippen LogP contribution is -2.45. The number of sulfonamides is 1. The summed E-state index contributed by atoms with van der Waals surface area (Å²) in [4.78, 5) is 3.74. The molecule has 0 bridgehead atoms. The number of nitrogens with zero attached hydrogens (tertiary/aromatic N) is 3. The third-order valence-electron chi connectivity index (χ3n) is 2.32. The maximum absolute atomic E-state index is 10.9. The molecule has 7 heteroatoms. The van der Waals surface area contributed by atoms with Gasteiger partial charge in [0, 0.05) is 32.4 Å². The van der Waals surface area contributed by atoms with Crippen molar-refractivity contribution in [1.29, 1.82) is 5.26 Å². The van der Waals surface area contributed by atoms with E-state index in [1.54, 1.807) is 24.4 Å². The number of rotatable bonds is 1. The van der Waals surface area contributed by atoms with E-state index in [0.717, 1.165) is 13.1 Å². The Hall–Kier alpha value is -1.49. The number of hydrogen-bond acceptors (Lipinski definition) is 5. The molecule has 0 aromatic carbocycles. The Labute approximate surface area is 107 Å². The lowest BCUT2D eigenvalue weighted by Gasteiger charge is -2.24. The number of piperazine rings is 1. The van der Waals surface area contributed by atoms with Crippen molar-refractivity contribution >= 4 is 10.0 Å². The van der Waals surface area contributed by atoms with Gasteiger partial charge >= 0.3 is 0 Å². The fraction of sp³-hybridized carbons (Fsp3) is 0.455. The molecule has 0 spiro atoms. The summed E-state index contributed by atoms with van der Waals surface area (Å²) < 4.78 is 23.3. The van der Waals surface area contributed by atoms with Crippen LogP contribution in [0.4, 0.5) is 0 Å². The van der Waals surface area contributed by atoms with Gasteiger partial charge < -0.3 is 5.32 Å². The maximum Gasteiger partial charge on any atom is 0.211 e. The summed E-state index contributed by atoms with van der Waals surface area (Å²) in [5.74, 6) is 0. The van der Waals surface area contributed by atoms with Gasteiger partial charge in [-0.05, 0) is 12.1 Å². The molecule has 0 amide bonds. The van der Waals surface area contributed by atoms with Crippen molar-refractivity contribution in [3.05, 3.63) is 30.1 Å². The first-order chi connectivity index (χ1) is 8.54. The summed E-state index contributed by atoms with van der Waals surface area (Å²) >= 11 is 0. The van der Waals surface area contributed by atoms with Crippen LogP contribution in [0.3, 0.4) is 0 Å². The Kier molecular flexibility index (Phi) is 5.71. The van der Waals surface area contributed by atoms with E-state index in [1.807, 2.05) is 6.07 Å². The third-order valence-corrected chi connectivity index (χ3v) is 3.63. The quantitative estimate of drug-likeness (QED) is 0.762. The minimum Gasteiger partial charge on any atom is -0.314 e. The SMILES string of the molecule is CS(=O)(=O)N1CCNCC1.N#Cc1ccccn1. The summed E-state index contributed by atoms with van der Waals surface area (Å²) in [7, 11) is -2.93. The predicted molar refractivity (Wildman–Crippen MR) is 68.2 cm³/mol. The molecule has 0 radical (unpaired) electrons. The van der Waals surface area contributed by atoms with Gasteiger partial charge in [-0.2, -0.15) is 9.57 Å². The van der Waals surface area contributed by atoms with Gasteiger partial charge in [0.2, 0.25) is 10.0 Å². The topological polar surface area (TPSA) is 86.1 Å². The molecule has 1 fully saturated rings. The van der Waals surface area contributed by atoms with E-state index < -0.39 is 10.0 Å². The molecule has 1 N–H and O–H groups in total. The highest BCUT2D eigenvalue weighted by Crippen LogP contribution is 1.97. The Morgan fingerprint density at radius 3 is 2.39 bits per heavy atom. The number of nitrogens with one attached hydrogen (secondary N) is 1. The van der Waals surface area contributed by atoms with Gasteiger partial charge in [0.25, 0.3) is 0 Å². The van der Waals surface area contributed by atoms with Crippen molar-refractivity contribution in [2.45, 2.75) is 0 Å². The molecule has 1 aromatic rings. The minimum atomic E-state index is -2.93. The average Bonchev–Trinajstić information content (AvgIpc) is 2.40. The van der Waals surface area contributed by atoms with Gasteiger partial charge in [0.15, 0.2) is 0 Å². The molecule has 6 nitrogen and oxygen atoms in total. The Morgan fingerprint density at radius 2 is 2.06 bits per heavy atom. The van der Waals surface area contributed by atoms with Crippen LogP contribution in [0.25, 0.3) is 0 Å². The highest BCUT2D eigenvalue weighted by Gasteiger charge is 2.17. The van der Waals surface area contributed by atoms with Crippen molar-refractivity contribution in [3.63, 3.8) is 0 Å². The molecule has 1 aromatic heterocycles. The van der Waals surface area contributed by atoms with Gasteiger partial charge in [-0.3, -0.25) is 0 Å². The molecule has 18 heavy (non-hydrogen) atoms. The molecule has 0 aliphatic carbocycles. The molecule has 1 aliphatic heterocycles.